The molecule has 0 aliphatic carbocycles. The van der Waals surface area contributed by atoms with Crippen LogP contribution >= 0.6 is 22.7 Å². The van der Waals surface area contributed by atoms with Crippen LogP contribution in [0.25, 0.3) is 96.7 Å². The Balaban J connectivity index is 0.950. The van der Waals surface area contributed by atoms with Crippen molar-refractivity contribution >= 4 is 74.3 Å². The average molecular weight is 625 g/mol. The summed E-state index contributed by atoms with van der Waals surface area (Å²) in [6.45, 7) is 0. The van der Waals surface area contributed by atoms with Crippen molar-refractivity contribution in [2.45, 2.75) is 0 Å². The molecule has 10 rings (SSSR count). The van der Waals surface area contributed by atoms with E-state index in [4.69, 9.17) is 9.97 Å². The van der Waals surface area contributed by atoms with Crippen LogP contribution in [0, 0.1) is 0 Å². The zero-order valence-electron chi connectivity index (χ0n) is 24.4. The van der Waals surface area contributed by atoms with Crippen LogP contribution in [-0.4, -0.2) is 19.9 Å². The van der Waals surface area contributed by atoms with Crippen molar-refractivity contribution < 1.29 is 0 Å². The van der Waals surface area contributed by atoms with Crippen LogP contribution in [0.5, 0.6) is 0 Å². The predicted octanol–water partition coefficient (Wildman–Crippen LogP) is 11.7. The fraction of sp³-hybridized carbons (Fsp3) is 0. The first-order chi connectivity index (χ1) is 22.7. The average Bonchev–Trinajstić information content (AvgIpc) is 3.89. The molecule has 4 aromatic heterocycles. The number of benzene rings is 6. The summed E-state index contributed by atoms with van der Waals surface area (Å²) in [5, 5.41) is 2.67. The molecular weight excluding hydrogens is 601 g/mol. The molecule has 0 saturated heterocycles. The molecule has 0 bridgehead atoms. The van der Waals surface area contributed by atoms with Gasteiger partial charge in [-0.05, 0) is 58.7 Å². The van der Waals surface area contributed by atoms with Crippen molar-refractivity contribution in [2.75, 3.05) is 0 Å². The predicted molar refractivity (Wildman–Crippen MR) is 196 cm³/mol. The Hall–Kier alpha value is -5.56. The number of rotatable bonds is 4. The smallest absolute Gasteiger partial charge is 0.138 e. The highest BCUT2D eigenvalue weighted by Gasteiger charge is 2.15. The Labute approximate surface area is 271 Å². The normalized spacial score (nSPS) is 11.9. The molecule has 0 saturated carbocycles. The summed E-state index contributed by atoms with van der Waals surface area (Å²) < 4.78 is 5.40. The highest BCUT2D eigenvalue weighted by Crippen LogP contribution is 2.46. The minimum atomic E-state index is 0.899. The molecule has 0 aliphatic rings. The zero-order chi connectivity index (χ0) is 30.2. The Morgan fingerprint density at radius 1 is 0.391 bits per heavy atom. The number of nitrogens with one attached hydrogen (secondary N) is 2. The molecular formula is C40H24N4S2. The second kappa shape index (κ2) is 9.97. The minimum Gasteiger partial charge on any atom is -0.338 e. The topological polar surface area (TPSA) is 57.4 Å². The van der Waals surface area contributed by atoms with Crippen LogP contribution in [0.3, 0.4) is 0 Å². The number of aromatic amines is 2. The molecule has 4 nitrogen and oxygen atoms in total. The molecule has 0 unspecified atom stereocenters. The highest BCUT2D eigenvalue weighted by molar-refractivity contribution is 7.36. The van der Waals surface area contributed by atoms with Crippen molar-refractivity contribution in [1.29, 1.82) is 0 Å². The van der Waals surface area contributed by atoms with Crippen LogP contribution < -0.4 is 0 Å². The molecule has 10 aromatic rings. The first-order valence-electron chi connectivity index (χ1n) is 15.2. The van der Waals surface area contributed by atoms with Crippen molar-refractivity contribution in [2.24, 2.45) is 0 Å². The molecule has 0 spiro atoms. The summed E-state index contributed by atoms with van der Waals surface area (Å²) in [5.41, 5.74) is 11.1. The van der Waals surface area contributed by atoms with Gasteiger partial charge in [0.05, 0.1) is 31.5 Å². The van der Waals surface area contributed by atoms with E-state index in [2.05, 4.69) is 107 Å². The van der Waals surface area contributed by atoms with Gasteiger partial charge in [-0.25, -0.2) is 9.97 Å². The number of fused-ring (bicyclic) bond motifs is 7. The summed E-state index contributed by atoms with van der Waals surface area (Å²) in [5.74, 6) is 1.80. The third kappa shape index (κ3) is 4.11. The zero-order valence-corrected chi connectivity index (χ0v) is 26.0. The lowest BCUT2D eigenvalue weighted by Gasteiger charge is -2.04. The van der Waals surface area contributed by atoms with Crippen molar-refractivity contribution in [3.63, 3.8) is 0 Å². The highest BCUT2D eigenvalue weighted by atomic mass is 32.1. The number of aromatic nitrogens is 4. The first kappa shape index (κ1) is 25.7. The lowest BCUT2D eigenvalue weighted by atomic mass is 10.0. The SMILES string of the molecule is c1ccc2[nH]c(-c3ccc(-c4ccc5c(c4)sc4c6ccc(-c7ccc(-c8nc9ccccc9[nH]8)cc7)cc6sc54)cc3)nc2c1. The summed E-state index contributed by atoms with van der Waals surface area (Å²) in [6.07, 6.45) is 0. The van der Waals surface area contributed by atoms with Gasteiger partial charge in [-0.2, -0.15) is 0 Å². The van der Waals surface area contributed by atoms with Crippen LogP contribution in [-0.2, 0) is 0 Å². The maximum absolute atomic E-state index is 4.76. The standard InChI is InChI=1S/C40H24N4S2/c1-2-6-32-31(5-1)41-39(42-32)25-13-9-23(10-14-25)27-17-19-29-35(21-27)45-38-30-20-18-28(22-36(30)46-37(29)38)24-11-15-26(16-12-24)40-43-33-7-3-4-8-34(33)44-40/h1-22H,(H,41,42)(H,43,44). The van der Waals surface area contributed by atoms with E-state index in [1.807, 2.05) is 59.1 Å². The van der Waals surface area contributed by atoms with E-state index in [1.54, 1.807) is 0 Å². The van der Waals surface area contributed by atoms with Gasteiger partial charge in [0.15, 0.2) is 0 Å². The lowest BCUT2D eigenvalue weighted by molar-refractivity contribution is 1.34. The Bertz CT molecular complexity index is 2480. The quantitative estimate of drug-likeness (QED) is 0.205. The Morgan fingerprint density at radius 3 is 1.22 bits per heavy atom. The van der Waals surface area contributed by atoms with E-state index in [9.17, 15) is 0 Å². The van der Waals surface area contributed by atoms with Crippen LogP contribution in [0.15, 0.2) is 133 Å². The third-order valence-corrected chi connectivity index (χ3v) is 11.3. The maximum atomic E-state index is 4.76. The fourth-order valence-electron chi connectivity index (χ4n) is 6.44. The number of para-hydroxylation sites is 4. The largest absolute Gasteiger partial charge is 0.338 e. The summed E-state index contributed by atoms with van der Waals surface area (Å²) >= 11 is 3.79. The van der Waals surface area contributed by atoms with Gasteiger partial charge in [0, 0.05) is 31.3 Å². The molecule has 216 valence electrons. The van der Waals surface area contributed by atoms with E-state index in [0.717, 1.165) is 44.8 Å². The van der Waals surface area contributed by atoms with Gasteiger partial charge in [0.25, 0.3) is 0 Å². The number of thiophene rings is 2. The third-order valence-electron chi connectivity index (χ3n) is 8.84. The first-order valence-corrected chi connectivity index (χ1v) is 16.9. The van der Waals surface area contributed by atoms with E-state index in [0.29, 0.717) is 0 Å². The number of imidazole rings is 2. The number of hydrogen-bond donors (Lipinski definition) is 2. The molecule has 6 heteroatoms. The Morgan fingerprint density at radius 2 is 0.783 bits per heavy atom. The van der Waals surface area contributed by atoms with E-state index in [-0.39, 0.29) is 0 Å². The minimum absolute atomic E-state index is 0.899. The molecule has 0 fully saturated rings. The van der Waals surface area contributed by atoms with Crippen LogP contribution in [0.2, 0.25) is 0 Å². The van der Waals surface area contributed by atoms with Crippen LogP contribution in [0.4, 0.5) is 0 Å². The van der Waals surface area contributed by atoms with Gasteiger partial charge >= 0.3 is 0 Å². The van der Waals surface area contributed by atoms with Gasteiger partial charge in [-0.1, -0.05) is 97.1 Å². The number of H-pyrrole nitrogens is 2. The fourth-order valence-corrected chi connectivity index (χ4v) is 9.17. The van der Waals surface area contributed by atoms with E-state index < -0.39 is 0 Å². The van der Waals surface area contributed by atoms with Crippen LogP contribution in [0.1, 0.15) is 0 Å². The molecule has 0 aliphatic heterocycles. The van der Waals surface area contributed by atoms with Gasteiger partial charge in [0.2, 0.25) is 0 Å². The van der Waals surface area contributed by atoms with Gasteiger partial charge in [-0.3, -0.25) is 0 Å². The number of hydrogen-bond acceptors (Lipinski definition) is 4. The van der Waals surface area contributed by atoms with Gasteiger partial charge in [0.1, 0.15) is 11.6 Å². The lowest BCUT2D eigenvalue weighted by Crippen LogP contribution is -1.82. The summed E-state index contributed by atoms with van der Waals surface area (Å²) in [7, 11) is 0. The molecule has 0 atom stereocenters. The molecule has 0 radical (unpaired) electrons. The molecule has 4 heterocycles. The van der Waals surface area contributed by atoms with Crippen molar-refractivity contribution in [3.8, 4) is 45.0 Å². The number of nitrogens with zero attached hydrogens (tertiary/aromatic N) is 2. The summed E-state index contributed by atoms with van der Waals surface area (Å²) in [4.78, 5) is 16.4. The maximum Gasteiger partial charge on any atom is 0.138 e. The van der Waals surface area contributed by atoms with Gasteiger partial charge in [-0.15, -0.1) is 22.7 Å². The van der Waals surface area contributed by atoms with E-state index in [1.165, 1.54) is 51.8 Å². The van der Waals surface area contributed by atoms with Crippen molar-refractivity contribution in [3.05, 3.63) is 133 Å². The van der Waals surface area contributed by atoms with E-state index >= 15 is 0 Å². The van der Waals surface area contributed by atoms with Crippen molar-refractivity contribution in [1.82, 2.24) is 19.9 Å². The second-order valence-corrected chi connectivity index (χ2v) is 13.7. The molecule has 6 aromatic carbocycles. The molecule has 2 N–H and O–H groups in total. The summed E-state index contributed by atoms with van der Waals surface area (Å²) in [6, 6.07) is 47.5. The van der Waals surface area contributed by atoms with Gasteiger partial charge < -0.3 is 9.97 Å². The Kier molecular flexibility index (Phi) is 5.58. The molecule has 0 amide bonds. The monoisotopic (exact) mass is 624 g/mol. The second-order valence-electron chi connectivity index (χ2n) is 11.6. The molecule has 46 heavy (non-hydrogen) atoms.